The minimum atomic E-state index is 0.927. The molecule has 2 heteroatoms. The van der Waals surface area contributed by atoms with Crippen LogP contribution >= 0.6 is 0 Å². The summed E-state index contributed by atoms with van der Waals surface area (Å²) < 4.78 is 2.49. The van der Waals surface area contributed by atoms with E-state index in [1.807, 2.05) is 19.1 Å². The first-order valence-electron chi connectivity index (χ1n) is 17.1. The van der Waals surface area contributed by atoms with Gasteiger partial charge in [-0.2, -0.15) is 0 Å². The Labute approximate surface area is 291 Å². The molecule has 2 nitrogen and oxygen atoms in total. The number of benzene rings is 7. The number of rotatable bonds is 6. The van der Waals surface area contributed by atoms with Crippen molar-refractivity contribution in [3.63, 3.8) is 0 Å². The summed E-state index contributed by atoms with van der Waals surface area (Å²) in [5, 5.41) is 10.1. The lowest BCUT2D eigenvalue weighted by molar-refractivity contribution is 1.19. The smallest absolute Gasteiger partial charge is 0.0715 e. The third-order valence-electron chi connectivity index (χ3n) is 9.82. The number of hydrogen-bond donors (Lipinski definition) is 0. The zero-order chi connectivity index (χ0) is 33.6. The molecule has 50 heavy (non-hydrogen) atoms. The highest BCUT2D eigenvalue weighted by Crippen LogP contribution is 2.44. The van der Waals surface area contributed by atoms with E-state index < -0.39 is 0 Å². The molecule has 0 radical (unpaired) electrons. The summed E-state index contributed by atoms with van der Waals surface area (Å²) in [5.41, 5.74) is 9.78. The van der Waals surface area contributed by atoms with Gasteiger partial charge in [0, 0.05) is 38.4 Å². The monoisotopic (exact) mass is 638 g/mol. The normalized spacial score (nSPS) is 12.2. The average Bonchev–Trinajstić information content (AvgIpc) is 3.54. The molecule has 2 heterocycles. The van der Waals surface area contributed by atoms with Crippen LogP contribution in [0.2, 0.25) is 0 Å². The molecule has 0 bridgehead atoms. The molecule has 0 saturated carbocycles. The Morgan fingerprint density at radius 3 is 1.86 bits per heavy atom. The Hall–Kier alpha value is -6.51. The molecule has 0 spiro atoms. The summed E-state index contributed by atoms with van der Waals surface area (Å²) in [4.78, 5) is 5.20. The van der Waals surface area contributed by atoms with Crippen molar-refractivity contribution in [3.05, 3.63) is 188 Å². The SMILES string of the molecule is C=C/C=C(\C=C/C)c1cc(-c2ccccc2)nc(-c2ccc(-n3c4c5ccccc5ccc4c4c5ccccc5c5ccccc5c43)cc2)c1. The van der Waals surface area contributed by atoms with Gasteiger partial charge in [-0.1, -0.05) is 158 Å². The molecule has 2 aromatic heterocycles. The van der Waals surface area contributed by atoms with Gasteiger partial charge in [0.15, 0.2) is 0 Å². The Kier molecular flexibility index (Phi) is 7.21. The van der Waals surface area contributed by atoms with Crippen molar-refractivity contribution in [1.82, 2.24) is 9.55 Å². The minimum Gasteiger partial charge on any atom is -0.308 e. The topological polar surface area (TPSA) is 17.8 Å². The van der Waals surface area contributed by atoms with E-state index >= 15 is 0 Å². The second kappa shape index (κ2) is 12.2. The number of hydrogen-bond acceptors (Lipinski definition) is 1. The summed E-state index contributed by atoms with van der Waals surface area (Å²) in [6.07, 6.45) is 8.08. The Morgan fingerprint density at radius 2 is 1.16 bits per heavy atom. The van der Waals surface area contributed by atoms with E-state index in [4.69, 9.17) is 4.98 Å². The van der Waals surface area contributed by atoms with Gasteiger partial charge >= 0.3 is 0 Å². The molecule has 0 saturated heterocycles. The fraction of sp³-hybridized carbons (Fsp3) is 0.0208. The molecule has 0 aliphatic heterocycles. The van der Waals surface area contributed by atoms with E-state index in [-0.39, 0.29) is 0 Å². The predicted molar refractivity (Wildman–Crippen MR) is 215 cm³/mol. The fourth-order valence-corrected chi connectivity index (χ4v) is 7.63. The molecule has 0 unspecified atom stereocenters. The molecule has 0 N–H and O–H groups in total. The van der Waals surface area contributed by atoms with Gasteiger partial charge in [0.25, 0.3) is 0 Å². The van der Waals surface area contributed by atoms with Gasteiger partial charge in [0.1, 0.15) is 0 Å². The van der Waals surface area contributed by atoms with Crippen molar-refractivity contribution < 1.29 is 0 Å². The molecule has 0 aliphatic carbocycles. The van der Waals surface area contributed by atoms with Crippen LogP contribution in [0, 0.1) is 0 Å². The lowest BCUT2D eigenvalue weighted by atomic mass is 9.96. The molecular weight excluding hydrogens is 605 g/mol. The zero-order valence-corrected chi connectivity index (χ0v) is 27.8. The maximum atomic E-state index is 5.20. The third-order valence-corrected chi connectivity index (χ3v) is 9.82. The highest BCUT2D eigenvalue weighted by atomic mass is 15.0. The van der Waals surface area contributed by atoms with Crippen molar-refractivity contribution in [2.24, 2.45) is 0 Å². The van der Waals surface area contributed by atoms with Gasteiger partial charge in [-0.25, -0.2) is 4.98 Å². The molecule has 9 aromatic rings. The van der Waals surface area contributed by atoms with Gasteiger partial charge in [0.2, 0.25) is 0 Å². The van der Waals surface area contributed by atoms with Crippen LogP contribution in [0.15, 0.2) is 183 Å². The van der Waals surface area contributed by atoms with Crippen LogP contribution < -0.4 is 0 Å². The van der Waals surface area contributed by atoms with Crippen LogP contribution in [0.3, 0.4) is 0 Å². The lowest BCUT2D eigenvalue weighted by Gasteiger charge is -2.14. The van der Waals surface area contributed by atoms with Gasteiger partial charge in [-0.05, 0) is 63.9 Å². The van der Waals surface area contributed by atoms with Crippen molar-refractivity contribution in [1.29, 1.82) is 0 Å². The first-order valence-corrected chi connectivity index (χ1v) is 17.1. The van der Waals surface area contributed by atoms with Crippen LogP contribution in [0.5, 0.6) is 0 Å². The highest BCUT2D eigenvalue weighted by molar-refractivity contribution is 6.34. The molecule has 0 amide bonds. The zero-order valence-electron chi connectivity index (χ0n) is 27.8. The highest BCUT2D eigenvalue weighted by Gasteiger charge is 2.20. The number of fused-ring (bicyclic) bond motifs is 10. The van der Waals surface area contributed by atoms with E-state index in [1.165, 1.54) is 54.1 Å². The van der Waals surface area contributed by atoms with Crippen LogP contribution in [0.4, 0.5) is 0 Å². The van der Waals surface area contributed by atoms with Gasteiger partial charge in [-0.15, -0.1) is 0 Å². The Bertz CT molecular complexity index is 2810. The third kappa shape index (κ3) is 4.76. The van der Waals surface area contributed by atoms with E-state index in [1.54, 1.807) is 0 Å². The lowest BCUT2D eigenvalue weighted by Crippen LogP contribution is -1.97. The summed E-state index contributed by atoms with van der Waals surface area (Å²) >= 11 is 0. The molecule has 9 rings (SSSR count). The number of nitrogens with zero attached hydrogens (tertiary/aromatic N) is 2. The summed E-state index contributed by atoms with van der Waals surface area (Å²) in [6.45, 7) is 6.01. The summed E-state index contributed by atoms with van der Waals surface area (Å²) in [7, 11) is 0. The van der Waals surface area contributed by atoms with Gasteiger partial charge in [-0.3, -0.25) is 0 Å². The fourth-order valence-electron chi connectivity index (χ4n) is 7.63. The van der Waals surface area contributed by atoms with Gasteiger partial charge < -0.3 is 4.57 Å². The number of pyridine rings is 1. The predicted octanol–water partition coefficient (Wildman–Crippen LogP) is 13.1. The largest absolute Gasteiger partial charge is 0.308 e. The van der Waals surface area contributed by atoms with Crippen LogP contribution in [-0.2, 0) is 0 Å². The number of allylic oxidation sites excluding steroid dienone is 5. The summed E-state index contributed by atoms with van der Waals surface area (Å²) in [6, 6.07) is 54.7. The molecule has 0 fully saturated rings. The first kappa shape index (κ1) is 29.6. The molecule has 0 atom stereocenters. The standard InChI is InChI=1S/C48H34N2/c1-3-14-32(15-4-2)36-30-44(34-17-6-5-7-18-34)49-45(31-36)35-24-27-37(28-25-35)50-47-38-19-9-8-16-33(38)26-29-43(47)46-41-22-12-10-20-39(41)40-21-11-13-23-42(40)48(46)50/h3-31H,1H2,2H3/b15-4-,32-14+. The second-order valence-electron chi connectivity index (χ2n) is 12.7. The number of aromatic nitrogens is 2. The molecule has 7 aromatic carbocycles. The van der Waals surface area contributed by atoms with Crippen molar-refractivity contribution in [2.45, 2.75) is 6.92 Å². The van der Waals surface area contributed by atoms with Gasteiger partial charge in [0.05, 0.1) is 22.4 Å². The van der Waals surface area contributed by atoms with Crippen LogP contribution in [-0.4, -0.2) is 9.55 Å². The Morgan fingerprint density at radius 1 is 0.560 bits per heavy atom. The van der Waals surface area contributed by atoms with Crippen molar-refractivity contribution in [3.8, 4) is 28.2 Å². The summed E-state index contributed by atoms with van der Waals surface area (Å²) in [5.74, 6) is 0. The van der Waals surface area contributed by atoms with Crippen LogP contribution in [0.25, 0.3) is 87.9 Å². The minimum absolute atomic E-state index is 0.927. The van der Waals surface area contributed by atoms with E-state index in [0.29, 0.717) is 0 Å². The maximum Gasteiger partial charge on any atom is 0.0715 e. The van der Waals surface area contributed by atoms with Crippen molar-refractivity contribution in [2.75, 3.05) is 0 Å². The van der Waals surface area contributed by atoms with E-state index in [0.717, 1.165) is 39.3 Å². The maximum absolute atomic E-state index is 5.20. The molecule has 0 aliphatic rings. The average molecular weight is 639 g/mol. The van der Waals surface area contributed by atoms with Crippen LogP contribution in [0.1, 0.15) is 12.5 Å². The molecular formula is C48H34N2. The van der Waals surface area contributed by atoms with E-state index in [2.05, 4.69) is 175 Å². The van der Waals surface area contributed by atoms with Crippen molar-refractivity contribution >= 4 is 59.7 Å². The van der Waals surface area contributed by atoms with E-state index in [9.17, 15) is 0 Å². The first-order chi connectivity index (χ1) is 24.7. The quantitative estimate of drug-likeness (QED) is 0.131. The second-order valence-corrected chi connectivity index (χ2v) is 12.7. The molecule has 236 valence electrons. The Balaban J connectivity index is 1.31.